The first kappa shape index (κ1) is 75.4. The first-order valence-corrected chi connectivity index (χ1v) is 43.7. The number of hydrogen-bond acceptors (Lipinski definition) is 10. The van der Waals surface area contributed by atoms with E-state index in [9.17, 15) is 0 Å². The molecule has 0 saturated heterocycles. The summed E-state index contributed by atoms with van der Waals surface area (Å²) in [5, 5.41) is 11.8. The molecule has 131 heavy (non-hydrogen) atoms. The molecule has 0 saturated carbocycles. The van der Waals surface area contributed by atoms with E-state index in [1.54, 1.807) is 18.6 Å². The van der Waals surface area contributed by atoms with Crippen molar-refractivity contribution in [3.63, 3.8) is 0 Å². The van der Waals surface area contributed by atoms with Crippen LogP contribution in [-0.2, 0) is 0 Å². The van der Waals surface area contributed by atoms with Crippen LogP contribution in [0.25, 0.3) is 240 Å². The van der Waals surface area contributed by atoms with Gasteiger partial charge in [0.1, 0.15) is 11.4 Å². The molecule has 612 valence electrons. The monoisotopic (exact) mass is 1680 g/mol. The van der Waals surface area contributed by atoms with Crippen LogP contribution in [0.5, 0.6) is 0 Å². The van der Waals surface area contributed by atoms with Crippen molar-refractivity contribution in [2.24, 2.45) is 0 Å². The molecule has 15 nitrogen and oxygen atoms in total. The van der Waals surface area contributed by atoms with Gasteiger partial charge in [0.25, 0.3) is 0 Å². The molecule has 15 heteroatoms. The maximum absolute atomic E-state index is 5.34. The van der Waals surface area contributed by atoms with Gasteiger partial charge in [0.05, 0.1) is 80.0 Å². The predicted molar refractivity (Wildman–Crippen MR) is 531 cm³/mol. The highest BCUT2D eigenvalue weighted by atomic mass is 15.1. The predicted octanol–water partition coefficient (Wildman–Crippen LogP) is 27.8. The zero-order valence-corrected chi connectivity index (χ0v) is 70.4. The Morgan fingerprint density at radius 3 is 0.595 bits per heavy atom. The summed E-state index contributed by atoms with van der Waals surface area (Å²) in [5.41, 5.74) is 26.1. The van der Waals surface area contributed by atoms with E-state index in [0.29, 0.717) is 58.0 Å². The molecule has 9 heterocycles. The summed E-state index contributed by atoms with van der Waals surface area (Å²) in [6.07, 6.45) is 7.09. The Balaban J connectivity index is 0.000000147. The van der Waals surface area contributed by atoms with E-state index in [1.807, 2.05) is 128 Å². The number of hydrogen-bond donors (Lipinski definition) is 0. The van der Waals surface area contributed by atoms with Gasteiger partial charge in [-0.3, -0.25) is 19.1 Å². The summed E-state index contributed by atoms with van der Waals surface area (Å²) in [6.45, 7) is 0. The minimum Gasteiger partial charge on any atom is -0.309 e. The SMILES string of the molecule is c1ccc(-c2nc(-c3ccccc3)nc(-c3cncc(-n4c5ccc(-c6ccc7c(c6)c6ccccc6n7-c6ccccc6)cc5c5cc(-c6ccc7c(c6)c6ccccc6n7-c6ccccc6)ccc54)n3)n2)cc1.c1ccc(-c2nc(-c3ccccc3)nc(-c3cncc(-n4c5ccccc5c5cc(-c6ccc7c(c6)c6ccccc6n7-c6ccccc6)ccc54)n3)n2)cc1. The molecule has 17 aromatic carbocycles. The average Bonchev–Trinajstić information content (AvgIpc) is 1.59. The van der Waals surface area contributed by atoms with Crippen molar-refractivity contribution in [1.82, 2.24) is 72.7 Å². The molecule has 26 aromatic rings. The van der Waals surface area contributed by atoms with Crippen molar-refractivity contribution >= 4 is 109 Å². The van der Waals surface area contributed by atoms with E-state index in [1.165, 1.54) is 65.4 Å². The van der Waals surface area contributed by atoms with Crippen molar-refractivity contribution in [2.45, 2.75) is 0 Å². The molecule has 0 N–H and O–H groups in total. The topological polar surface area (TPSA) is 154 Å². The highest BCUT2D eigenvalue weighted by Crippen LogP contribution is 2.44. The lowest BCUT2D eigenvalue weighted by Crippen LogP contribution is -2.04. The van der Waals surface area contributed by atoms with Gasteiger partial charge in [0.15, 0.2) is 46.6 Å². The number of para-hydroxylation sites is 7. The number of fused-ring (bicyclic) bond motifs is 15. The van der Waals surface area contributed by atoms with E-state index in [0.717, 1.165) is 116 Å². The second kappa shape index (κ2) is 31.5. The summed E-state index contributed by atoms with van der Waals surface area (Å²) >= 11 is 0. The smallest absolute Gasteiger partial charge is 0.184 e. The van der Waals surface area contributed by atoms with Crippen molar-refractivity contribution in [1.29, 1.82) is 0 Å². The summed E-state index contributed by atoms with van der Waals surface area (Å²) in [7, 11) is 0. The fourth-order valence-electron chi connectivity index (χ4n) is 19.0. The van der Waals surface area contributed by atoms with E-state index in [-0.39, 0.29) is 0 Å². The van der Waals surface area contributed by atoms with Gasteiger partial charge in [0.2, 0.25) is 0 Å². The Morgan fingerprint density at radius 2 is 0.336 bits per heavy atom. The summed E-state index contributed by atoms with van der Waals surface area (Å²) in [5.74, 6) is 4.52. The van der Waals surface area contributed by atoms with Gasteiger partial charge in [-0.2, -0.15) is 0 Å². The van der Waals surface area contributed by atoms with E-state index < -0.39 is 0 Å². The van der Waals surface area contributed by atoms with Crippen LogP contribution in [0.15, 0.2) is 443 Å². The molecule has 0 amide bonds. The number of rotatable bonds is 14. The molecule has 0 aliphatic rings. The van der Waals surface area contributed by atoms with Crippen LogP contribution in [0, 0.1) is 0 Å². The molecule has 26 rings (SSSR count). The maximum Gasteiger partial charge on any atom is 0.184 e. The maximum atomic E-state index is 5.34. The average molecular weight is 1680 g/mol. The first-order chi connectivity index (χ1) is 64.9. The Labute approximate surface area is 750 Å². The first-order valence-electron chi connectivity index (χ1n) is 43.7. The van der Waals surface area contributed by atoms with E-state index >= 15 is 0 Å². The summed E-state index contributed by atoms with van der Waals surface area (Å²) < 4.78 is 11.5. The molecule has 9 aromatic heterocycles. The Morgan fingerprint density at radius 1 is 0.137 bits per heavy atom. The van der Waals surface area contributed by atoms with Crippen LogP contribution in [0.4, 0.5) is 0 Å². The molecule has 0 fully saturated rings. The van der Waals surface area contributed by atoms with Gasteiger partial charge in [0, 0.05) is 93.2 Å². The lowest BCUT2D eigenvalue weighted by Gasteiger charge is -2.11. The molecule has 0 spiro atoms. The quantitative estimate of drug-likeness (QED) is 0.103. The lowest BCUT2D eigenvalue weighted by molar-refractivity contribution is 1.01. The molecule has 0 atom stereocenters. The number of benzene rings is 17. The van der Waals surface area contributed by atoms with E-state index in [4.69, 9.17) is 49.8 Å². The van der Waals surface area contributed by atoms with E-state index in [2.05, 4.69) is 320 Å². The van der Waals surface area contributed by atoms with Gasteiger partial charge in [-0.1, -0.05) is 285 Å². The van der Waals surface area contributed by atoms with Crippen LogP contribution < -0.4 is 0 Å². The fourth-order valence-corrected chi connectivity index (χ4v) is 19.0. The molecular formula is C116H73N15. The van der Waals surface area contributed by atoms with Crippen molar-refractivity contribution in [3.05, 3.63) is 443 Å². The van der Waals surface area contributed by atoms with Crippen LogP contribution in [0.3, 0.4) is 0 Å². The minimum absolute atomic E-state index is 0.440. The van der Waals surface area contributed by atoms with Crippen LogP contribution in [0.1, 0.15) is 0 Å². The highest BCUT2D eigenvalue weighted by molar-refractivity contribution is 6.16. The Hall–Kier alpha value is -18.1. The summed E-state index contributed by atoms with van der Waals surface area (Å²) in [4.78, 5) is 49.7. The van der Waals surface area contributed by atoms with Crippen LogP contribution >= 0.6 is 0 Å². The van der Waals surface area contributed by atoms with Crippen molar-refractivity contribution in [3.8, 4) is 131 Å². The normalized spacial score (nSPS) is 11.7. The third-order valence-electron chi connectivity index (χ3n) is 25.1. The Bertz CT molecular complexity index is 8630. The standard InChI is InChI=1S/C67H42N8.C49H31N7/c1-5-17-43(18-6-1)65-70-66(44-19-7-2-8-20-44)72-67(71-65)57-41-68-42-64(69-57)75-62-35-31-47(45-29-33-60-53(37-45)51-25-13-15-27-58(51)73(60)49-21-9-3-10-22-49)39-55(62)56-40-48(32-36-63(56)75)46-30-34-61-54(38-46)52-26-14-16-28-59(52)74(61)50-23-11-4-12-24-50;1-4-14-32(15-5-1)47-52-48(33-16-6-2-7-17-33)54-49(53-47)41-30-50-31-46(51-41)56-43-23-13-11-21-38(43)40-29-35(25-27-45(40)56)34-24-26-44-39(28-34)37-20-10-12-22-42(37)55(44)36-18-8-3-9-19-36/h1-42H;1-31H. The minimum atomic E-state index is 0.440. The third-order valence-corrected chi connectivity index (χ3v) is 25.1. The molecule has 0 unspecified atom stereocenters. The van der Waals surface area contributed by atoms with Gasteiger partial charge >= 0.3 is 0 Å². The van der Waals surface area contributed by atoms with Crippen LogP contribution in [0.2, 0.25) is 0 Å². The fraction of sp³-hybridized carbons (Fsp3) is 0. The molecule has 0 bridgehead atoms. The van der Waals surface area contributed by atoms with Gasteiger partial charge in [-0.15, -0.1) is 0 Å². The Kier molecular flexibility index (Phi) is 18.2. The molecular weight excluding hydrogens is 1600 g/mol. The molecule has 0 aliphatic heterocycles. The second-order valence-electron chi connectivity index (χ2n) is 32.7. The van der Waals surface area contributed by atoms with Gasteiger partial charge in [-0.05, 0) is 167 Å². The van der Waals surface area contributed by atoms with Crippen molar-refractivity contribution < 1.29 is 0 Å². The largest absolute Gasteiger partial charge is 0.309 e. The lowest BCUT2D eigenvalue weighted by atomic mass is 9.98. The molecule has 0 radical (unpaired) electrons. The number of aromatic nitrogens is 15. The number of nitrogens with zero attached hydrogens (tertiary/aromatic N) is 15. The third kappa shape index (κ3) is 13.2. The summed E-state index contributed by atoms with van der Waals surface area (Å²) in [6, 6.07) is 147. The van der Waals surface area contributed by atoms with Crippen LogP contribution in [-0.4, -0.2) is 72.7 Å². The van der Waals surface area contributed by atoms with Gasteiger partial charge in [-0.25, -0.2) is 39.9 Å². The van der Waals surface area contributed by atoms with Gasteiger partial charge < -0.3 is 13.7 Å². The second-order valence-corrected chi connectivity index (χ2v) is 32.7. The zero-order valence-electron chi connectivity index (χ0n) is 70.4. The molecule has 0 aliphatic carbocycles. The zero-order chi connectivity index (χ0) is 86.4. The highest BCUT2D eigenvalue weighted by Gasteiger charge is 2.25. The van der Waals surface area contributed by atoms with Crippen molar-refractivity contribution in [2.75, 3.05) is 0 Å².